The lowest BCUT2D eigenvalue weighted by atomic mass is 10.1. The minimum absolute atomic E-state index is 0.639. The molecule has 0 aromatic heterocycles. The highest BCUT2D eigenvalue weighted by Gasteiger charge is 2.16. The van der Waals surface area contributed by atoms with Gasteiger partial charge in [0.2, 0.25) is 0 Å². The van der Waals surface area contributed by atoms with Crippen LogP contribution in [0.1, 0.15) is 18.1 Å². The molecule has 1 aromatic rings. The summed E-state index contributed by atoms with van der Waals surface area (Å²) >= 11 is 0. The number of nitrogens with zero attached hydrogens (tertiary/aromatic N) is 2. The second-order valence-electron chi connectivity index (χ2n) is 4.57. The third-order valence-corrected chi connectivity index (χ3v) is 2.50. The van der Waals surface area contributed by atoms with Gasteiger partial charge in [-0.05, 0) is 38.7 Å². The molecule has 0 saturated heterocycles. The fraction of sp³-hybridized carbons (Fsp3) is 0.333. The van der Waals surface area contributed by atoms with Crippen LogP contribution in [0.5, 0.6) is 0 Å². The second kappa shape index (κ2) is 4.95. The number of hydrogen-bond acceptors (Lipinski definition) is 3. The highest BCUT2D eigenvalue weighted by atomic mass is 28.4. The first-order valence-corrected chi connectivity index (χ1v) is 8.56. The molecule has 0 unspecified atom stereocenters. The molecular formula is C12H16N2OSi. The molecule has 0 fully saturated rings. The Morgan fingerprint density at radius 2 is 2.06 bits per heavy atom. The quantitative estimate of drug-likeness (QED) is 0.456. The van der Waals surface area contributed by atoms with E-state index >= 15 is 0 Å². The van der Waals surface area contributed by atoms with E-state index in [1.54, 1.807) is 6.07 Å². The molecule has 0 radical (unpaired) electrons. The molecule has 3 nitrogen and oxygen atoms in total. The summed E-state index contributed by atoms with van der Waals surface area (Å²) in [6.45, 7) is 8.12. The number of benzene rings is 1. The summed E-state index contributed by atoms with van der Waals surface area (Å²) in [7, 11) is -1.63. The Kier molecular flexibility index (Phi) is 3.86. The molecule has 0 atom stereocenters. The fourth-order valence-electron chi connectivity index (χ4n) is 1.07. The maximum atomic E-state index is 8.79. The van der Waals surface area contributed by atoms with Gasteiger partial charge in [-0.2, -0.15) is 5.26 Å². The van der Waals surface area contributed by atoms with Crippen LogP contribution in [-0.4, -0.2) is 14.0 Å². The van der Waals surface area contributed by atoms with Crippen molar-refractivity contribution in [1.29, 1.82) is 5.26 Å². The molecule has 0 aliphatic carbocycles. The lowest BCUT2D eigenvalue weighted by Gasteiger charge is -2.13. The van der Waals surface area contributed by atoms with Gasteiger partial charge in [-0.3, -0.25) is 0 Å². The van der Waals surface area contributed by atoms with Crippen molar-refractivity contribution >= 4 is 14.0 Å². The van der Waals surface area contributed by atoms with Crippen molar-refractivity contribution in [3.8, 4) is 6.07 Å². The Balaban J connectivity index is 2.88. The number of nitriles is 1. The van der Waals surface area contributed by atoms with E-state index in [1.807, 2.05) is 25.1 Å². The third-order valence-electron chi connectivity index (χ3n) is 1.87. The molecule has 0 saturated carbocycles. The van der Waals surface area contributed by atoms with Crippen LogP contribution in [0.3, 0.4) is 0 Å². The zero-order chi connectivity index (χ0) is 12.2. The van der Waals surface area contributed by atoms with Crippen LogP contribution in [0.2, 0.25) is 19.6 Å². The van der Waals surface area contributed by atoms with E-state index in [0.717, 1.165) is 11.3 Å². The summed E-state index contributed by atoms with van der Waals surface area (Å²) < 4.78 is 5.46. The Morgan fingerprint density at radius 1 is 1.38 bits per heavy atom. The molecule has 1 aromatic carbocycles. The molecule has 1 rings (SSSR count). The van der Waals surface area contributed by atoms with E-state index in [-0.39, 0.29) is 0 Å². The molecule has 0 aliphatic rings. The van der Waals surface area contributed by atoms with E-state index in [4.69, 9.17) is 9.79 Å². The minimum Gasteiger partial charge on any atom is -0.455 e. The van der Waals surface area contributed by atoms with Gasteiger partial charge in [-0.25, -0.2) is 0 Å². The zero-order valence-electron chi connectivity index (χ0n) is 10.1. The second-order valence-corrected chi connectivity index (χ2v) is 8.98. The molecule has 0 amide bonds. The molecule has 84 valence electrons. The largest absolute Gasteiger partial charge is 0.455 e. The van der Waals surface area contributed by atoms with Crippen molar-refractivity contribution < 1.29 is 4.53 Å². The maximum Gasteiger partial charge on any atom is 0.278 e. The van der Waals surface area contributed by atoms with Crippen LogP contribution in [-0.2, 0) is 4.53 Å². The fourth-order valence-corrected chi connectivity index (χ4v) is 1.48. The van der Waals surface area contributed by atoms with Crippen molar-refractivity contribution in [3.05, 3.63) is 35.4 Å². The molecule has 0 bridgehead atoms. The van der Waals surface area contributed by atoms with Gasteiger partial charge >= 0.3 is 0 Å². The van der Waals surface area contributed by atoms with Gasteiger partial charge in [0.25, 0.3) is 8.32 Å². The van der Waals surface area contributed by atoms with E-state index in [0.29, 0.717) is 5.56 Å². The standard InChI is InChI=1S/C12H16N2OSi/c1-10(14-15-16(2,3)4)12-7-5-6-11(8-12)9-13/h5-8H,1-4H3/b14-10+. The highest BCUT2D eigenvalue weighted by Crippen LogP contribution is 2.08. The lowest BCUT2D eigenvalue weighted by Crippen LogP contribution is -2.22. The van der Waals surface area contributed by atoms with Gasteiger partial charge < -0.3 is 4.53 Å². The highest BCUT2D eigenvalue weighted by molar-refractivity contribution is 6.69. The molecule has 4 heteroatoms. The van der Waals surface area contributed by atoms with E-state index in [2.05, 4.69) is 30.9 Å². The number of rotatable bonds is 3. The first-order valence-electron chi connectivity index (χ1n) is 5.16. The van der Waals surface area contributed by atoms with Crippen molar-refractivity contribution in [3.63, 3.8) is 0 Å². The predicted molar refractivity (Wildman–Crippen MR) is 67.8 cm³/mol. The summed E-state index contributed by atoms with van der Waals surface area (Å²) in [4.78, 5) is 0. The summed E-state index contributed by atoms with van der Waals surface area (Å²) in [5.74, 6) is 0. The van der Waals surface area contributed by atoms with Crippen LogP contribution in [0.15, 0.2) is 29.4 Å². The average molecular weight is 232 g/mol. The normalized spacial score (nSPS) is 12.1. The minimum atomic E-state index is -1.63. The van der Waals surface area contributed by atoms with Crippen molar-refractivity contribution in [2.75, 3.05) is 0 Å². The Morgan fingerprint density at radius 3 is 2.62 bits per heavy atom. The van der Waals surface area contributed by atoms with E-state index in [9.17, 15) is 0 Å². The third kappa shape index (κ3) is 3.87. The zero-order valence-corrected chi connectivity index (χ0v) is 11.1. The smallest absolute Gasteiger partial charge is 0.278 e. The number of hydrogen-bond donors (Lipinski definition) is 0. The molecular weight excluding hydrogens is 216 g/mol. The average Bonchev–Trinajstić information content (AvgIpc) is 2.25. The molecule has 0 spiro atoms. The Hall–Kier alpha value is -1.60. The SMILES string of the molecule is C/C(=N\O[Si](C)(C)C)c1cccc(C#N)c1. The van der Waals surface area contributed by atoms with Crippen LogP contribution in [0, 0.1) is 11.3 Å². The summed E-state index contributed by atoms with van der Waals surface area (Å²) in [5.41, 5.74) is 2.37. The van der Waals surface area contributed by atoms with Crippen LogP contribution in [0.4, 0.5) is 0 Å². The van der Waals surface area contributed by atoms with Crippen molar-refractivity contribution in [2.45, 2.75) is 26.6 Å². The first-order chi connectivity index (χ1) is 7.42. The van der Waals surface area contributed by atoms with Crippen molar-refractivity contribution in [2.24, 2.45) is 5.16 Å². The molecule has 16 heavy (non-hydrogen) atoms. The van der Waals surface area contributed by atoms with Gasteiger partial charge in [0.15, 0.2) is 0 Å². The number of oxime groups is 1. The van der Waals surface area contributed by atoms with E-state index < -0.39 is 8.32 Å². The lowest BCUT2D eigenvalue weighted by molar-refractivity contribution is 0.335. The Labute approximate surface area is 97.5 Å². The van der Waals surface area contributed by atoms with Gasteiger partial charge in [0, 0.05) is 5.56 Å². The van der Waals surface area contributed by atoms with Gasteiger partial charge in [0.05, 0.1) is 17.3 Å². The topological polar surface area (TPSA) is 45.4 Å². The van der Waals surface area contributed by atoms with Gasteiger partial charge in [0.1, 0.15) is 0 Å². The van der Waals surface area contributed by atoms with E-state index in [1.165, 1.54) is 0 Å². The Bertz CT molecular complexity index is 441. The molecule has 0 N–H and O–H groups in total. The van der Waals surface area contributed by atoms with Crippen LogP contribution >= 0.6 is 0 Å². The predicted octanol–water partition coefficient (Wildman–Crippen LogP) is 3.13. The van der Waals surface area contributed by atoms with Gasteiger partial charge in [-0.1, -0.05) is 12.1 Å². The maximum absolute atomic E-state index is 8.79. The van der Waals surface area contributed by atoms with Crippen LogP contribution in [0.25, 0.3) is 0 Å². The van der Waals surface area contributed by atoms with Gasteiger partial charge in [-0.15, -0.1) is 5.16 Å². The van der Waals surface area contributed by atoms with Crippen LogP contribution < -0.4 is 0 Å². The summed E-state index contributed by atoms with van der Waals surface area (Å²) in [6.07, 6.45) is 0. The molecule has 0 heterocycles. The van der Waals surface area contributed by atoms with Crippen molar-refractivity contribution in [1.82, 2.24) is 0 Å². The summed E-state index contributed by atoms with van der Waals surface area (Å²) in [5, 5.41) is 12.9. The summed E-state index contributed by atoms with van der Waals surface area (Å²) in [6, 6.07) is 9.47. The monoisotopic (exact) mass is 232 g/mol. The first kappa shape index (κ1) is 12.5. The molecule has 0 aliphatic heterocycles.